The van der Waals surface area contributed by atoms with Gasteiger partial charge in [0, 0.05) is 24.3 Å². The summed E-state index contributed by atoms with van der Waals surface area (Å²) in [6, 6.07) is 4.24. The molecule has 2 rings (SSSR count). The van der Waals surface area contributed by atoms with Crippen LogP contribution in [0.3, 0.4) is 0 Å². The first-order chi connectivity index (χ1) is 9.99. The Morgan fingerprint density at radius 1 is 1.29 bits per heavy atom. The van der Waals surface area contributed by atoms with Crippen LogP contribution < -0.4 is 10.5 Å². The van der Waals surface area contributed by atoms with Crippen LogP contribution >= 0.6 is 31.9 Å². The largest absolute Gasteiger partial charge is 0.486 e. The quantitative estimate of drug-likeness (QED) is 0.776. The van der Waals surface area contributed by atoms with Crippen LogP contribution in [0.4, 0.5) is 0 Å². The van der Waals surface area contributed by atoms with Crippen molar-refractivity contribution in [3.63, 3.8) is 0 Å². The number of rotatable bonds is 6. The topological polar surface area (TPSA) is 53.1 Å². The van der Waals surface area contributed by atoms with E-state index in [1.807, 2.05) is 24.0 Å². The maximum absolute atomic E-state index is 5.89. The molecule has 6 heteroatoms. The molecule has 4 nitrogen and oxygen atoms in total. The minimum absolute atomic E-state index is 0.135. The molecule has 0 amide bonds. The first-order valence-electron chi connectivity index (χ1n) is 6.87. The van der Waals surface area contributed by atoms with Gasteiger partial charge in [-0.15, -0.1) is 0 Å². The Hall–Kier alpha value is -0.850. The average molecular weight is 417 g/mol. The summed E-state index contributed by atoms with van der Waals surface area (Å²) in [5.41, 5.74) is 8.07. The highest BCUT2D eigenvalue weighted by Crippen LogP contribution is 2.35. The summed E-state index contributed by atoms with van der Waals surface area (Å²) in [5, 5.41) is 4.24. The van der Waals surface area contributed by atoms with Crippen molar-refractivity contribution in [1.29, 1.82) is 0 Å². The standard InChI is InChI=1S/C15H19Br2N3O/c1-3-20-8-12(7-19-20)9-21-15-13(16)5-11(4-10(2)18)6-14(15)17/h5-8,10H,3-4,9,18H2,1-2H3. The van der Waals surface area contributed by atoms with Crippen molar-refractivity contribution in [2.45, 2.75) is 39.5 Å². The predicted octanol–water partition coefficient (Wildman–Crippen LogP) is 3.90. The van der Waals surface area contributed by atoms with Crippen molar-refractivity contribution in [3.8, 4) is 5.75 Å². The van der Waals surface area contributed by atoms with E-state index in [-0.39, 0.29) is 6.04 Å². The molecular weight excluding hydrogens is 398 g/mol. The third kappa shape index (κ3) is 4.56. The molecule has 1 aromatic carbocycles. The van der Waals surface area contributed by atoms with Gasteiger partial charge in [-0.25, -0.2) is 0 Å². The lowest BCUT2D eigenvalue weighted by Gasteiger charge is -2.13. The molecule has 0 saturated carbocycles. The van der Waals surface area contributed by atoms with Crippen molar-refractivity contribution in [1.82, 2.24) is 9.78 Å². The van der Waals surface area contributed by atoms with E-state index in [0.717, 1.165) is 33.2 Å². The summed E-state index contributed by atoms with van der Waals surface area (Å²) in [7, 11) is 0. The summed E-state index contributed by atoms with van der Waals surface area (Å²) in [6.45, 7) is 5.41. The van der Waals surface area contributed by atoms with Crippen molar-refractivity contribution < 1.29 is 4.74 Å². The number of hydrogen-bond acceptors (Lipinski definition) is 3. The third-order valence-electron chi connectivity index (χ3n) is 3.01. The molecule has 21 heavy (non-hydrogen) atoms. The highest BCUT2D eigenvalue weighted by molar-refractivity contribution is 9.11. The van der Waals surface area contributed by atoms with Gasteiger partial charge in [0.15, 0.2) is 0 Å². The summed E-state index contributed by atoms with van der Waals surface area (Å²) in [5.74, 6) is 0.799. The van der Waals surface area contributed by atoms with Crippen molar-refractivity contribution >= 4 is 31.9 Å². The fraction of sp³-hybridized carbons (Fsp3) is 0.400. The molecule has 1 heterocycles. The second-order valence-corrected chi connectivity index (χ2v) is 6.77. The smallest absolute Gasteiger partial charge is 0.148 e. The number of halogens is 2. The van der Waals surface area contributed by atoms with Crippen molar-refractivity contribution in [3.05, 3.63) is 44.6 Å². The molecule has 0 radical (unpaired) electrons. The molecule has 1 aromatic heterocycles. The number of ether oxygens (including phenoxy) is 1. The number of nitrogens with two attached hydrogens (primary N) is 1. The Bertz CT molecular complexity index is 588. The molecule has 0 spiro atoms. The molecule has 1 atom stereocenters. The van der Waals surface area contributed by atoms with Gasteiger partial charge in [0.25, 0.3) is 0 Å². The van der Waals surface area contributed by atoms with Crippen LogP contribution in [0.1, 0.15) is 25.0 Å². The molecule has 0 aliphatic heterocycles. The Balaban J connectivity index is 2.09. The van der Waals surface area contributed by atoms with E-state index >= 15 is 0 Å². The van der Waals surface area contributed by atoms with E-state index in [0.29, 0.717) is 6.61 Å². The van der Waals surface area contributed by atoms with E-state index in [2.05, 4.69) is 56.0 Å². The van der Waals surface area contributed by atoms with Crippen LogP contribution in [-0.4, -0.2) is 15.8 Å². The molecule has 0 aliphatic carbocycles. The van der Waals surface area contributed by atoms with Crippen molar-refractivity contribution in [2.75, 3.05) is 0 Å². The lowest BCUT2D eigenvalue weighted by molar-refractivity contribution is 0.302. The molecule has 2 aromatic rings. The lowest BCUT2D eigenvalue weighted by atomic mass is 10.1. The lowest BCUT2D eigenvalue weighted by Crippen LogP contribution is -2.17. The van der Waals surface area contributed by atoms with Crippen LogP contribution in [0.15, 0.2) is 33.5 Å². The van der Waals surface area contributed by atoms with Gasteiger partial charge in [0.2, 0.25) is 0 Å². The Morgan fingerprint density at radius 2 is 1.95 bits per heavy atom. The molecule has 2 N–H and O–H groups in total. The van der Waals surface area contributed by atoms with Gasteiger partial charge in [-0.1, -0.05) is 0 Å². The van der Waals surface area contributed by atoms with E-state index in [4.69, 9.17) is 10.5 Å². The molecular formula is C15H19Br2N3O. The van der Waals surface area contributed by atoms with E-state index < -0.39 is 0 Å². The van der Waals surface area contributed by atoms with Crippen LogP contribution in [-0.2, 0) is 19.6 Å². The first-order valence-corrected chi connectivity index (χ1v) is 8.45. The number of nitrogens with zero attached hydrogens (tertiary/aromatic N) is 2. The fourth-order valence-electron chi connectivity index (χ4n) is 2.05. The Morgan fingerprint density at radius 3 is 2.48 bits per heavy atom. The van der Waals surface area contributed by atoms with E-state index in [1.165, 1.54) is 5.56 Å². The van der Waals surface area contributed by atoms with Gasteiger partial charge in [0.05, 0.1) is 15.1 Å². The summed E-state index contributed by atoms with van der Waals surface area (Å²) < 4.78 is 9.63. The molecule has 0 aliphatic rings. The minimum Gasteiger partial charge on any atom is -0.486 e. The van der Waals surface area contributed by atoms with Crippen LogP contribution in [0.25, 0.3) is 0 Å². The Labute approximate surface area is 141 Å². The summed E-state index contributed by atoms with van der Waals surface area (Å²) in [4.78, 5) is 0. The molecule has 114 valence electrons. The maximum Gasteiger partial charge on any atom is 0.148 e. The fourth-order valence-corrected chi connectivity index (χ4v) is 3.56. The minimum atomic E-state index is 0.135. The highest BCUT2D eigenvalue weighted by atomic mass is 79.9. The predicted molar refractivity (Wildman–Crippen MR) is 91.4 cm³/mol. The monoisotopic (exact) mass is 415 g/mol. The number of aromatic nitrogens is 2. The van der Waals surface area contributed by atoms with Crippen LogP contribution in [0.5, 0.6) is 5.75 Å². The van der Waals surface area contributed by atoms with Crippen molar-refractivity contribution in [2.24, 2.45) is 5.73 Å². The van der Waals surface area contributed by atoms with Crippen LogP contribution in [0, 0.1) is 0 Å². The van der Waals surface area contributed by atoms with Gasteiger partial charge in [-0.3, -0.25) is 4.68 Å². The average Bonchev–Trinajstić information content (AvgIpc) is 2.85. The van der Waals surface area contributed by atoms with Gasteiger partial charge < -0.3 is 10.5 Å². The molecule has 0 fully saturated rings. The van der Waals surface area contributed by atoms with Gasteiger partial charge >= 0.3 is 0 Å². The number of aryl methyl sites for hydroxylation is 1. The zero-order chi connectivity index (χ0) is 15.4. The summed E-state index contributed by atoms with van der Waals surface area (Å²) >= 11 is 7.13. The number of hydrogen-bond donors (Lipinski definition) is 1. The third-order valence-corrected chi connectivity index (χ3v) is 4.19. The maximum atomic E-state index is 5.89. The second kappa shape index (κ2) is 7.42. The highest BCUT2D eigenvalue weighted by Gasteiger charge is 2.11. The zero-order valence-electron chi connectivity index (χ0n) is 12.1. The molecule has 0 bridgehead atoms. The second-order valence-electron chi connectivity index (χ2n) is 5.06. The van der Waals surface area contributed by atoms with Gasteiger partial charge in [-0.05, 0) is 69.8 Å². The number of benzene rings is 1. The normalized spacial score (nSPS) is 12.4. The molecule has 0 saturated heterocycles. The van der Waals surface area contributed by atoms with Gasteiger partial charge in [0.1, 0.15) is 12.4 Å². The summed E-state index contributed by atoms with van der Waals surface area (Å²) in [6.07, 6.45) is 4.66. The van der Waals surface area contributed by atoms with Crippen LogP contribution in [0.2, 0.25) is 0 Å². The van der Waals surface area contributed by atoms with E-state index in [9.17, 15) is 0 Å². The SMILES string of the molecule is CCn1cc(COc2c(Br)cc(CC(C)N)cc2Br)cn1. The first kappa shape index (κ1) is 16.5. The van der Waals surface area contributed by atoms with E-state index in [1.54, 1.807) is 0 Å². The molecule has 1 unspecified atom stereocenters. The Kier molecular flexibility index (Phi) is 5.84. The van der Waals surface area contributed by atoms with Gasteiger partial charge in [-0.2, -0.15) is 5.10 Å². The zero-order valence-corrected chi connectivity index (χ0v) is 15.3.